The minimum Gasteiger partial charge on any atom is -0.310 e. The van der Waals surface area contributed by atoms with Crippen molar-refractivity contribution >= 4 is 23.3 Å². The molecular formula is C24H17ClFN3O. The van der Waals surface area contributed by atoms with E-state index in [9.17, 15) is 9.18 Å². The Morgan fingerprint density at radius 1 is 1.00 bits per heavy atom. The maximum absolute atomic E-state index is 14.0. The van der Waals surface area contributed by atoms with Gasteiger partial charge >= 0.3 is 0 Å². The second-order valence-corrected chi connectivity index (χ2v) is 7.66. The first kappa shape index (κ1) is 18.6. The van der Waals surface area contributed by atoms with Gasteiger partial charge in [-0.3, -0.25) is 4.79 Å². The number of fused-ring (bicyclic) bond motifs is 1. The Morgan fingerprint density at radius 3 is 2.50 bits per heavy atom. The molecule has 1 aromatic heterocycles. The molecule has 0 radical (unpaired) electrons. The topological polar surface area (TPSA) is 46.9 Å². The lowest BCUT2D eigenvalue weighted by molar-refractivity contribution is -0.116. The van der Waals surface area contributed by atoms with Gasteiger partial charge in [-0.25, -0.2) is 9.07 Å². The second kappa shape index (κ2) is 7.43. The largest absolute Gasteiger partial charge is 0.310 e. The van der Waals surface area contributed by atoms with E-state index in [2.05, 4.69) is 5.32 Å². The molecule has 0 saturated carbocycles. The van der Waals surface area contributed by atoms with Gasteiger partial charge in [0.15, 0.2) is 0 Å². The smallest absolute Gasteiger partial charge is 0.226 e. The number of hydrogen-bond donors (Lipinski definition) is 1. The van der Waals surface area contributed by atoms with Crippen LogP contribution in [0.4, 0.5) is 10.2 Å². The SMILES string of the molecule is O=C1C[C@H](c2cccc(F)c2)c2c(-c3ccc(Cl)cc3)nn(-c3ccccc3)c2N1. The van der Waals surface area contributed by atoms with Gasteiger partial charge in [0.2, 0.25) is 5.91 Å². The third-order valence-corrected chi connectivity index (χ3v) is 5.54. The van der Waals surface area contributed by atoms with Crippen molar-refractivity contribution < 1.29 is 9.18 Å². The van der Waals surface area contributed by atoms with Crippen molar-refractivity contribution in [3.63, 3.8) is 0 Å². The number of benzene rings is 3. The molecule has 0 saturated heterocycles. The summed E-state index contributed by atoms with van der Waals surface area (Å²) in [6.07, 6.45) is 0.220. The first-order valence-corrected chi connectivity index (χ1v) is 9.97. The van der Waals surface area contributed by atoms with Gasteiger partial charge in [0.25, 0.3) is 0 Å². The van der Waals surface area contributed by atoms with Gasteiger partial charge in [-0.15, -0.1) is 0 Å². The number of anilines is 1. The molecule has 6 heteroatoms. The van der Waals surface area contributed by atoms with Crippen LogP contribution in [0.2, 0.25) is 5.02 Å². The quantitative estimate of drug-likeness (QED) is 0.457. The monoisotopic (exact) mass is 417 g/mol. The van der Waals surface area contributed by atoms with Crippen LogP contribution in [0.15, 0.2) is 78.9 Å². The van der Waals surface area contributed by atoms with Crippen molar-refractivity contribution in [3.8, 4) is 16.9 Å². The third kappa shape index (κ3) is 3.27. The molecule has 1 amide bonds. The molecule has 2 heterocycles. The van der Waals surface area contributed by atoms with E-state index in [1.165, 1.54) is 12.1 Å². The van der Waals surface area contributed by atoms with E-state index in [1.54, 1.807) is 10.7 Å². The van der Waals surface area contributed by atoms with Crippen LogP contribution in [-0.4, -0.2) is 15.7 Å². The van der Waals surface area contributed by atoms with Crippen LogP contribution in [0, 0.1) is 5.82 Å². The molecule has 4 nitrogen and oxygen atoms in total. The highest BCUT2D eigenvalue weighted by Gasteiger charge is 2.34. The summed E-state index contributed by atoms with van der Waals surface area (Å²) in [7, 11) is 0. The van der Waals surface area contributed by atoms with Crippen LogP contribution in [0.25, 0.3) is 16.9 Å². The van der Waals surface area contributed by atoms with Crippen molar-refractivity contribution in [2.75, 3.05) is 5.32 Å². The molecule has 30 heavy (non-hydrogen) atoms. The molecule has 5 rings (SSSR count). The molecule has 3 aromatic carbocycles. The maximum Gasteiger partial charge on any atom is 0.226 e. The number of carbonyl (C=O) groups is 1. The predicted molar refractivity (Wildman–Crippen MR) is 115 cm³/mol. The summed E-state index contributed by atoms with van der Waals surface area (Å²) in [5.74, 6) is -0.163. The fourth-order valence-electron chi connectivity index (χ4n) is 3.94. The first-order chi connectivity index (χ1) is 14.6. The Labute approximate surface area is 177 Å². The average Bonchev–Trinajstić information content (AvgIpc) is 3.13. The molecule has 0 fully saturated rings. The Morgan fingerprint density at radius 2 is 1.77 bits per heavy atom. The molecular weight excluding hydrogens is 401 g/mol. The zero-order chi connectivity index (χ0) is 20.7. The van der Waals surface area contributed by atoms with Gasteiger partial charge in [-0.05, 0) is 42.0 Å². The molecule has 0 bridgehead atoms. The Bertz CT molecular complexity index is 1240. The molecule has 1 aliphatic heterocycles. The van der Waals surface area contributed by atoms with Gasteiger partial charge in [-0.1, -0.05) is 54.1 Å². The van der Waals surface area contributed by atoms with Crippen molar-refractivity contribution in [1.82, 2.24) is 9.78 Å². The number of hydrogen-bond acceptors (Lipinski definition) is 2. The summed E-state index contributed by atoms with van der Waals surface area (Å²) in [4.78, 5) is 12.6. The van der Waals surface area contributed by atoms with Crippen LogP contribution in [-0.2, 0) is 4.79 Å². The van der Waals surface area contributed by atoms with E-state index in [1.807, 2.05) is 60.7 Å². The molecule has 1 aliphatic rings. The van der Waals surface area contributed by atoms with Crippen molar-refractivity contribution in [1.29, 1.82) is 0 Å². The Kier molecular flexibility index (Phi) is 4.60. The summed E-state index contributed by atoms with van der Waals surface area (Å²) >= 11 is 6.08. The lowest BCUT2D eigenvalue weighted by Crippen LogP contribution is -2.25. The number of nitrogens with one attached hydrogen (secondary N) is 1. The molecule has 148 valence electrons. The molecule has 0 aliphatic carbocycles. The number of halogens is 2. The maximum atomic E-state index is 14.0. The van der Waals surface area contributed by atoms with E-state index in [4.69, 9.17) is 16.7 Å². The van der Waals surface area contributed by atoms with Gasteiger partial charge in [0, 0.05) is 28.5 Å². The van der Waals surface area contributed by atoms with Gasteiger partial charge in [-0.2, -0.15) is 5.10 Å². The summed E-state index contributed by atoms with van der Waals surface area (Å²) in [5, 5.41) is 8.47. The van der Waals surface area contributed by atoms with Crippen LogP contribution in [0.1, 0.15) is 23.5 Å². The van der Waals surface area contributed by atoms with Crippen molar-refractivity contribution in [2.24, 2.45) is 0 Å². The van der Waals surface area contributed by atoms with Gasteiger partial charge < -0.3 is 5.32 Å². The minimum absolute atomic E-state index is 0.128. The van der Waals surface area contributed by atoms with E-state index >= 15 is 0 Å². The normalized spacial score (nSPS) is 15.5. The van der Waals surface area contributed by atoms with Gasteiger partial charge in [0.1, 0.15) is 11.6 Å². The fourth-order valence-corrected chi connectivity index (χ4v) is 4.06. The predicted octanol–water partition coefficient (Wildman–Crippen LogP) is 5.81. The van der Waals surface area contributed by atoms with E-state index in [0.717, 1.165) is 28.1 Å². The van der Waals surface area contributed by atoms with E-state index in [-0.39, 0.29) is 24.1 Å². The first-order valence-electron chi connectivity index (χ1n) is 9.60. The minimum atomic E-state index is -0.330. The number of amides is 1. The van der Waals surface area contributed by atoms with Crippen molar-refractivity contribution in [3.05, 3.63) is 101 Å². The third-order valence-electron chi connectivity index (χ3n) is 5.29. The van der Waals surface area contributed by atoms with Crippen LogP contribution < -0.4 is 5.32 Å². The molecule has 4 aromatic rings. The number of para-hydroxylation sites is 1. The Balaban J connectivity index is 1.77. The van der Waals surface area contributed by atoms with Crippen LogP contribution in [0.3, 0.4) is 0 Å². The summed E-state index contributed by atoms with van der Waals surface area (Å²) in [5.41, 5.74) is 4.05. The zero-order valence-electron chi connectivity index (χ0n) is 15.8. The number of nitrogens with zero attached hydrogens (tertiary/aromatic N) is 2. The standard InChI is InChI=1S/C24H17ClFN3O/c25-17-11-9-15(10-12-17)23-22-20(16-5-4-6-18(26)13-16)14-21(30)27-24(22)29(28-23)19-7-2-1-3-8-19/h1-13,20H,14H2,(H,27,30)/t20-/m1/s1. The molecule has 1 atom stereocenters. The second-order valence-electron chi connectivity index (χ2n) is 7.23. The fraction of sp³-hybridized carbons (Fsp3) is 0.0833. The van der Waals surface area contributed by atoms with Crippen LogP contribution in [0.5, 0.6) is 0 Å². The number of carbonyl (C=O) groups excluding carboxylic acids is 1. The highest BCUT2D eigenvalue weighted by molar-refractivity contribution is 6.30. The summed E-state index contributed by atoms with van der Waals surface area (Å²) in [6, 6.07) is 23.4. The molecule has 0 unspecified atom stereocenters. The highest BCUT2D eigenvalue weighted by Crippen LogP contribution is 2.44. The zero-order valence-corrected chi connectivity index (χ0v) is 16.6. The van der Waals surface area contributed by atoms with Gasteiger partial charge in [0.05, 0.1) is 11.4 Å². The molecule has 0 spiro atoms. The summed E-state index contributed by atoms with van der Waals surface area (Å²) < 4.78 is 15.7. The lowest BCUT2D eigenvalue weighted by Gasteiger charge is -2.25. The summed E-state index contributed by atoms with van der Waals surface area (Å²) in [6.45, 7) is 0. The van der Waals surface area contributed by atoms with E-state index in [0.29, 0.717) is 10.8 Å². The number of aromatic nitrogens is 2. The van der Waals surface area contributed by atoms with E-state index < -0.39 is 0 Å². The van der Waals surface area contributed by atoms with Crippen LogP contribution >= 0.6 is 11.6 Å². The van der Waals surface area contributed by atoms with Crippen molar-refractivity contribution in [2.45, 2.75) is 12.3 Å². The average molecular weight is 418 g/mol. The molecule has 1 N–H and O–H groups in total. The Hall–Kier alpha value is -3.44. The highest BCUT2D eigenvalue weighted by atomic mass is 35.5. The lowest BCUT2D eigenvalue weighted by atomic mass is 9.84. The number of rotatable bonds is 3.